The van der Waals surface area contributed by atoms with Crippen LogP contribution < -0.4 is 0 Å². The summed E-state index contributed by atoms with van der Waals surface area (Å²) in [6.07, 6.45) is 0. The van der Waals surface area contributed by atoms with Crippen LogP contribution in [0, 0.1) is 4.77 Å². The summed E-state index contributed by atoms with van der Waals surface area (Å²) in [5.74, 6) is 0.732. The highest BCUT2D eigenvalue weighted by Crippen LogP contribution is 2.29. The third-order valence-corrected chi connectivity index (χ3v) is 4.37. The van der Waals surface area contributed by atoms with Gasteiger partial charge in [-0.2, -0.15) is 5.10 Å². The second-order valence-corrected chi connectivity index (χ2v) is 5.80. The van der Waals surface area contributed by atoms with Gasteiger partial charge in [-0.25, -0.2) is 0 Å². The van der Waals surface area contributed by atoms with E-state index in [0.29, 0.717) is 9.79 Å². The number of aromatic nitrogens is 3. The molecule has 3 nitrogen and oxygen atoms in total. The van der Waals surface area contributed by atoms with Crippen LogP contribution in [0.25, 0.3) is 17.1 Å². The van der Waals surface area contributed by atoms with Gasteiger partial charge in [0.15, 0.2) is 10.6 Å². The summed E-state index contributed by atoms with van der Waals surface area (Å²) in [6.45, 7) is 0. The van der Waals surface area contributed by atoms with Crippen molar-refractivity contribution in [1.82, 2.24) is 14.8 Å². The number of aromatic amines is 1. The summed E-state index contributed by atoms with van der Waals surface area (Å²) in [5, 5.41) is 7.77. The van der Waals surface area contributed by atoms with Crippen LogP contribution in [0.3, 0.4) is 0 Å². The highest BCUT2D eigenvalue weighted by Gasteiger charge is 2.11. The van der Waals surface area contributed by atoms with Crippen LogP contribution in [0.1, 0.15) is 0 Å². The number of halogens is 2. The molecular formula is C14H9BrClN3S. The molecule has 20 heavy (non-hydrogen) atoms. The molecule has 0 spiro atoms. The Hall–Kier alpha value is -1.43. The van der Waals surface area contributed by atoms with Gasteiger partial charge in [0.05, 0.1) is 5.02 Å². The topological polar surface area (TPSA) is 33.6 Å². The van der Waals surface area contributed by atoms with Gasteiger partial charge in [-0.15, -0.1) is 0 Å². The van der Waals surface area contributed by atoms with E-state index in [1.807, 2.05) is 53.1 Å². The largest absolute Gasteiger partial charge is 0.268 e. The second-order valence-electron chi connectivity index (χ2n) is 4.15. The number of H-pyrrole nitrogens is 1. The summed E-state index contributed by atoms with van der Waals surface area (Å²) in [5.41, 5.74) is 1.86. The van der Waals surface area contributed by atoms with Gasteiger partial charge in [-0.3, -0.25) is 9.67 Å². The van der Waals surface area contributed by atoms with Gasteiger partial charge in [-0.1, -0.05) is 29.8 Å². The normalized spacial score (nSPS) is 10.7. The third kappa shape index (κ3) is 2.44. The van der Waals surface area contributed by atoms with E-state index in [-0.39, 0.29) is 0 Å². The molecule has 2 aromatic carbocycles. The summed E-state index contributed by atoms with van der Waals surface area (Å²) < 4.78 is 3.28. The van der Waals surface area contributed by atoms with Crippen LogP contribution in [0.4, 0.5) is 0 Å². The molecule has 0 radical (unpaired) electrons. The van der Waals surface area contributed by atoms with Crippen molar-refractivity contribution in [2.45, 2.75) is 0 Å². The standard InChI is InChI=1S/C14H9BrClN3S/c15-11-7-6-9(8-12(11)16)13-17-18-14(20)19(13)10-4-2-1-3-5-10/h1-8H,(H,18,20). The fourth-order valence-corrected chi connectivity index (χ4v) is 2.61. The Morgan fingerprint density at radius 3 is 2.60 bits per heavy atom. The predicted molar refractivity (Wildman–Crippen MR) is 86.9 cm³/mol. The molecule has 0 amide bonds. The minimum Gasteiger partial charge on any atom is -0.268 e. The van der Waals surface area contributed by atoms with Gasteiger partial charge < -0.3 is 0 Å². The van der Waals surface area contributed by atoms with Crippen LogP contribution in [0.15, 0.2) is 53.0 Å². The first-order valence-electron chi connectivity index (χ1n) is 5.85. The second kappa shape index (κ2) is 5.52. The van der Waals surface area contributed by atoms with E-state index in [4.69, 9.17) is 23.8 Å². The molecule has 1 N–H and O–H groups in total. The number of nitrogens with zero attached hydrogens (tertiary/aromatic N) is 2. The molecular weight excluding hydrogens is 358 g/mol. The Bertz CT molecular complexity index is 811. The Kier molecular flexibility index (Phi) is 3.74. The number of hydrogen-bond donors (Lipinski definition) is 1. The van der Waals surface area contributed by atoms with E-state index < -0.39 is 0 Å². The van der Waals surface area contributed by atoms with E-state index in [1.54, 1.807) is 0 Å². The van der Waals surface area contributed by atoms with Crippen LogP contribution in [-0.2, 0) is 0 Å². The molecule has 0 saturated carbocycles. The minimum absolute atomic E-state index is 0.547. The molecule has 1 aromatic heterocycles. The number of rotatable bonds is 2. The lowest BCUT2D eigenvalue weighted by Crippen LogP contribution is -1.97. The zero-order valence-electron chi connectivity index (χ0n) is 10.2. The van der Waals surface area contributed by atoms with Crippen LogP contribution in [0.2, 0.25) is 5.02 Å². The smallest absolute Gasteiger partial charge is 0.200 e. The van der Waals surface area contributed by atoms with Gasteiger partial charge in [0.2, 0.25) is 0 Å². The quantitative estimate of drug-likeness (QED) is 0.647. The summed E-state index contributed by atoms with van der Waals surface area (Å²) in [4.78, 5) is 0. The van der Waals surface area contributed by atoms with E-state index >= 15 is 0 Å². The summed E-state index contributed by atoms with van der Waals surface area (Å²) in [7, 11) is 0. The Balaban J connectivity index is 2.21. The lowest BCUT2D eigenvalue weighted by molar-refractivity contribution is 1.04. The van der Waals surface area contributed by atoms with Crippen molar-refractivity contribution in [1.29, 1.82) is 0 Å². The first-order valence-corrected chi connectivity index (χ1v) is 7.43. The molecule has 3 aromatic rings. The number of hydrogen-bond acceptors (Lipinski definition) is 2. The molecule has 0 fully saturated rings. The number of para-hydroxylation sites is 1. The summed E-state index contributed by atoms with van der Waals surface area (Å²) >= 11 is 14.8. The lowest BCUT2D eigenvalue weighted by atomic mass is 10.2. The first-order chi connectivity index (χ1) is 9.66. The van der Waals surface area contributed by atoms with Crippen molar-refractivity contribution < 1.29 is 0 Å². The van der Waals surface area contributed by atoms with Crippen molar-refractivity contribution in [3.8, 4) is 17.1 Å². The fraction of sp³-hybridized carbons (Fsp3) is 0. The van der Waals surface area contributed by atoms with Crippen molar-refractivity contribution in [3.63, 3.8) is 0 Å². The zero-order chi connectivity index (χ0) is 14.1. The number of nitrogens with one attached hydrogen (secondary N) is 1. The molecule has 0 aliphatic rings. The van der Waals surface area contributed by atoms with E-state index in [2.05, 4.69) is 26.1 Å². The fourth-order valence-electron chi connectivity index (χ4n) is 1.94. The van der Waals surface area contributed by atoms with Crippen molar-refractivity contribution in [2.75, 3.05) is 0 Å². The lowest BCUT2D eigenvalue weighted by Gasteiger charge is -2.07. The highest BCUT2D eigenvalue weighted by molar-refractivity contribution is 9.10. The van der Waals surface area contributed by atoms with Gasteiger partial charge in [-0.05, 0) is 58.5 Å². The van der Waals surface area contributed by atoms with E-state index in [0.717, 1.165) is 21.5 Å². The van der Waals surface area contributed by atoms with E-state index in [1.165, 1.54) is 0 Å². The molecule has 1 heterocycles. The van der Waals surface area contributed by atoms with Crippen molar-refractivity contribution in [2.24, 2.45) is 0 Å². The third-order valence-electron chi connectivity index (χ3n) is 2.86. The molecule has 6 heteroatoms. The average Bonchev–Trinajstić information content (AvgIpc) is 2.85. The maximum absolute atomic E-state index is 6.15. The molecule has 100 valence electrons. The predicted octanol–water partition coefficient (Wildman–Crippen LogP) is 5.01. The average molecular weight is 367 g/mol. The van der Waals surface area contributed by atoms with Gasteiger partial charge in [0, 0.05) is 15.7 Å². The van der Waals surface area contributed by atoms with Gasteiger partial charge in [0.1, 0.15) is 0 Å². The Morgan fingerprint density at radius 2 is 1.90 bits per heavy atom. The molecule has 0 aliphatic carbocycles. The number of benzene rings is 2. The Morgan fingerprint density at radius 1 is 1.15 bits per heavy atom. The maximum Gasteiger partial charge on any atom is 0.200 e. The van der Waals surface area contributed by atoms with E-state index in [9.17, 15) is 0 Å². The molecule has 3 rings (SSSR count). The monoisotopic (exact) mass is 365 g/mol. The van der Waals surface area contributed by atoms with Crippen molar-refractivity contribution >= 4 is 39.7 Å². The SMILES string of the molecule is S=c1[nH]nc(-c2ccc(Br)c(Cl)c2)n1-c1ccccc1. The first kappa shape index (κ1) is 13.5. The van der Waals surface area contributed by atoms with Crippen LogP contribution in [-0.4, -0.2) is 14.8 Å². The maximum atomic E-state index is 6.15. The highest BCUT2D eigenvalue weighted by atomic mass is 79.9. The van der Waals surface area contributed by atoms with Crippen LogP contribution in [0.5, 0.6) is 0 Å². The summed E-state index contributed by atoms with van der Waals surface area (Å²) in [6, 6.07) is 15.5. The molecule has 0 unspecified atom stereocenters. The Labute approximate surface area is 134 Å². The molecule has 0 aliphatic heterocycles. The molecule has 0 saturated heterocycles. The van der Waals surface area contributed by atoms with Crippen LogP contribution >= 0.6 is 39.7 Å². The van der Waals surface area contributed by atoms with Gasteiger partial charge >= 0.3 is 0 Å². The van der Waals surface area contributed by atoms with Crippen molar-refractivity contribution in [3.05, 3.63) is 62.8 Å². The minimum atomic E-state index is 0.547. The van der Waals surface area contributed by atoms with Gasteiger partial charge in [0.25, 0.3) is 0 Å². The molecule has 0 atom stereocenters. The zero-order valence-corrected chi connectivity index (χ0v) is 13.3. The molecule has 0 bridgehead atoms.